The quantitative estimate of drug-likeness (QED) is 0.321. The molecule has 6 heteroatoms. The van der Waals surface area contributed by atoms with Gasteiger partial charge in [0.25, 0.3) is 0 Å². The Balaban J connectivity index is 1.66. The molecular weight excluding hydrogens is 335 g/mol. The number of aliphatic imine (C=N–C) groups is 1. The van der Waals surface area contributed by atoms with E-state index >= 15 is 0 Å². The maximum atomic E-state index is 12.9. The Bertz CT molecular complexity index is 521. The van der Waals surface area contributed by atoms with Crippen molar-refractivity contribution in [2.24, 2.45) is 10.9 Å². The molecular formula is C19H31FN4S. The summed E-state index contributed by atoms with van der Waals surface area (Å²) >= 11 is 1.76. The van der Waals surface area contributed by atoms with Crippen LogP contribution >= 0.6 is 11.8 Å². The Morgan fingerprint density at radius 1 is 1.32 bits per heavy atom. The van der Waals surface area contributed by atoms with Gasteiger partial charge in [0, 0.05) is 31.1 Å². The fourth-order valence-corrected chi connectivity index (χ4v) is 3.84. The number of nitrogens with one attached hydrogen (secondary N) is 2. The van der Waals surface area contributed by atoms with E-state index in [-0.39, 0.29) is 5.82 Å². The Labute approximate surface area is 155 Å². The van der Waals surface area contributed by atoms with Gasteiger partial charge < -0.3 is 15.5 Å². The summed E-state index contributed by atoms with van der Waals surface area (Å²) in [6.07, 6.45) is 3.60. The zero-order valence-electron chi connectivity index (χ0n) is 15.4. The van der Waals surface area contributed by atoms with Crippen LogP contribution in [0.4, 0.5) is 4.39 Å². The molecule has 1 unspecified atom stereocenters. The van der Waals surface area contributed by atoms with Gasteiger partial charge in [-0.3, -0.25) is 4.99 Å². The van der Waals surface area contributed by atoms with Crippen LogP contribution in [0, 0.1) is 11.7 Å². The second-order valence-electron chi connectivity index (χ2n) is 6.57. The van der Waals surface area contributed by atoms with Crippen LogP contribution in [0.3, 0.4) is 0 Å². The largest absolute Gasteiger partial charge is 0.357 e. The first-order valence-corrected chi connectivity index (χ1v) is 10.2. The molecule has 1 atom stereocenters. The molecule has 25 heavy (non-hydrogen) atoms. The van der Waals surface area contributed by atoms with Crippen LogP contribution in [-0.4, -0.2) is 56.4 Å². The maximum Gasteiger partial charge on any atom is 0.191 e. The molecule has 1 fully saturated rings. The number of hydrogen-bond acceptors (Lipinski definition) is 3. The van der Waals surface area contributed by atoms with Crippen molar-refractivity contribution >= 4 is 17.7 Å². The van der Waals surface area contributed by atoms with Gasteiger partial charge >= 0.3 is 0 Å². The van der Waals surface area contributed by atoms with E-state index in [1.54, 1.807) is 11.8 Å². The van der Waals surface area contributed by atoms with E-state index < -0.39 is 0 Å². The first-order valence-electron chi connectivity index (χ1n) is 9.26. The Hall–Kier alpha value is -1.27. The van der Waals surface area contributed by atoms with E-state index in [0.29, 0.717) is 5.92 Å². The van der Waals surface area contributed by atoms with Crippen LogP contribution in [0.25, 0.3) is 0 Å². The third-order valence-corrected chi connectivity index (χ3v) is 5.37. The molecule has 0 aromatic heterocycles. The lowest BCUT2D eigenvalue weighted by molar-refractivity contribution is 0.214. The highest BCUT2D eigenvalue weighted by Crippen LogP contribution is 2.18. The zero-order valence-corrected chi connectivity index (χ0v) is 16.2. The fraction of sp³-hybridized carbons (Fsp3) is 0.632. The molecule has 0 radical (unpaired) electrons. The van der Waals surface area contributed by atoms with Crippen molar-refractivity contribution in [3.63, 3.8) is 0 Å². The van der Waals surface area contributed by atoms with Crippen molar-refractivity contribution in [2.45, 2.75) is 31.1 Å². The van der Waals surface area contributed by atoms with Crippen LogP contribution in [0.1, 0.15) is 26.2 Å². The lowest BCUT2D eigenvalue weighted by atomic mass is 9.99. The molecule has 1 heterocycles. The van der Waals surface area contributed by atoms with Crippen molar-refractivity contribution in [1.29, 1.82) is 0 Å². The van der Waals surface area contributed by atoms with Gasteiger partial charge in [-0.1, -0.05) is 0 Å². The second kappa shape index (κ2) is 11.4. The van der Waals surface area contributed by atoms with Gasteiger partial charge in [-0.2, -0.15) is 0 Å². The summed E-state index contributed by atoms with van der Waals surface area (Å²) in [6, 6.07) is 6.69. The lowest BCUT2D eigenvalue weighted by Gasteiger charge is -2.28. The van der Waals surface area contributed by atoms with Gasteiger partial charge in [0.1, 0.15) is 5.82 Å². The summed E-state index contributed by atoms with van der Waals surface area (Å²) in [5.74, 6) is 2.42. The summed E-state index contributed by atoms with van der Waals surface area (Å²) in [5, 5.41) is 6.74. The number of likely N-dealkylation sites (tertiary alicyclic amines) is 1. The van der Waals surface area contributed by atoms with E-state index in [1.807, 2.05) is 12.1 Å². The molecule has 1 aromatic carbocycles. The summed E-state index contributed by atoms with van der Waals surface area (Å²) in [4.78, 5) is 8.27. The number of hydrogen-bond donors (Lipinski definition) is 2. The molecule has 0 spiro atoms. The predicted octanol–water partition coefficient (Wildman–Crippen LogP) is 3.20. The average Bonchev–Trinajstić information content (AvgIpc) is 2.61. The number of nitrogens with zero attached hydrogens (tertiary/aromatic N) is 2. The normalized spacial score (nSPS) is 19.0. The van der Waals surface area contributed by atoms with Gasteiger partial charge in [0.15, 0.2) is 5.96 Å². The topological polar surface area (TPSA) is 39.7 Å². The highest BCUT2D eigenvalue weighted by molar-refractivity contribution is 7.99. The Morgan fingerprint density at radius 3 is 2.84 bits per heavy atom. The van der Waals surface area contributed by atoms with Crippen molar-refractivity contribution in [2.75, 3.05) is 45.5 Å². The first kappa shape index (κ1) is 20.0. The van der Waals surface area contributed by atoms with E-state index in [1.165, 1.54) is 31.5 Å². The number of halogens is 1. The molecule has 2 N–H and O–H groups in total. The van der Waals surface area contributed by atoms with E-state index in [9.17, 15) is 4.39 Å². The summed E-state index contributed by atoms with van der Waals surface area (Å²) in [5.41, 5.74) is 0. The van der Waals surface area contributed by atoms with Crippen LogP contribution < -0.4 is 10.6 Å². The van der Waals surface area contributed by atoms with E-state index in [2.05, 4.69) is 29.5 Å². The predicted molar refractivity (Wildman–Crippen MR) is 106 cm³/mol. The van der Waals surface area contributed by atoms with Gasteiger partial charge in [0.05, 0.1) is 0 Å². The maximum absolute atomic E-state index is 12.9. The number of thioether (sulfide) groups is 1. The highest BCUT2D eigenvalue weighted by atomic mass is 32.2. The number of guanidine groups is 1. The molecule has 1 aliphatic heterocycles. The number of rotatable bonds is 8. The highest BCUT2D eigenvalue weighted by Gasteiger charge is 2.16. The average molecular weight is 367 g/mol. The van der Waals surface area contributed by atoms with Crippen molar-refractivity contribution in [3.05, 3.63) is 30.1 Å². The second-order valence-corrected chi connectivity index (χ2v) is 7.74. The number of piperidine rings is 1. The SMILES string of the molecule is CCNC(=NCC1CCCN(C)C1)NCCCSc1ccc(F)cc1. The van der Waals surface area contributed by atoms with Crippen molar-refractivity contribution < 1.29 is 4.39 Å². The summed E-state index contributed by atoms with van der Waals surface area (Å²) in [6.45, 7) is 7.12. The van der Waals surface area contributed by atoms with E-state index in [0.717, 1.165) is 49.2 Å². The smallest absolute Gasteiger partial charge is 0.191 e. The van der Waals surface area contributed by atoms with Gasteiger partial charge in [-0.15, -0.1) is 11.8 Å². The van der Waals surface area contributed by atoms with E-state index in [4.69, 9.17) is 4.99 Å². The summed E-state index contributed by atoms with van der Waals surface area (Å²) < 4.78 is 12.9. The van der Waals surface area contributed by atoms with Gasteiger partial charge in [-0.05, 0) is 75.7 Å². The molecule has 0 amide bonds. The van der Waals surface area contributed by atoms with Crippen LogP contribution in [-0.2, 0) is 0 Å². The van der Waals surface area contributed by atoms with Crippen molar-refractivity contribution in [3.8, 4) is 0 Å². The molecule has 2 rings (SSSR count). The standard InChI is InChI=1S/C19H31FN4S/c1-3-21-19(23-14-16-6-4-12-24(2)15-16)22-11-5-13-25-18-9-7-17(20)8-10-18/h7-10,16H,3-6,11-15H2,1-2H3,(H2,21,22,23). The van der Waals surface area contributed by atoms with Gasteiger partial charge in [-0.25, -0.2) is 4.39 Å². The van der Waals surface area contributed by atoms with Crippen LogP contribution in [0.15, 0.2) is 34.2 Å². The lowest BCUT2D eigenvalue weighted by Crippen LogP contribution is -2.39. The third kappa shape index (κ3) is 8.10. The molecule has 4 nitrogen and oxygen atoms in total. The Morgan fingerprint density at radius 2 is 2.12 bits per heavy atom. The monoisotopic (exact) mass is 366 g/mol. The van der Waals surface area contributed by atoms with Crippen molar-refractivity contribution in [1.82, 2.24) is 15.5 Å². The molecule has 0 bridgehead atoms. The minimum atomic E-state index is -0.179. The molecule has 140 valence electrons. The fourth-order valence-electron chi connectivity index (χ4n) is 2.98. The molecule has 0 saturated carbocycles. The molecule has 1 saturated heterocycles. The van der Waals surface area contributed by atoms with Crippen LogP contribution in [0.5, 0.6) is 0 Å². The molecule has 1 aromatic rings. The third-order valence-electron chi connectivity index (χ3n) is 4.27. The van der Waals surface area contributed by atoms with Crippen LogP contribution in [0.2, 0.25) is 0 Å². The number of benzene rings is 1. The minimum absolute atomic E-state index is 0.179. The molecule has 1 aliphatic rings. The molecule has 0 aliphatic carbocycles. The minimum Gasteiger partial charge on any atom is -0.357 e. The zero-order chi connectivity index (χ0) is 17.9. The Kier molecular flexibility index (Phi) is 9.11. The van der Waals surface area contributed by atoms with Gasteiger partial charge in [0.2, 0.25) is 0 Å². The summed E-state index contributed by atoms with van der Waals surface area (Å²) in [7, 11) is 2.19. The first-order chi connectivity index (χ1) is 12.2.